The summed E-state index contributed by atoms with van der Waals surface area (Å²) < 4.78 is 36.8. The summed E-state index contributed by atoms with van der Waals surface area (Å²) in [7, 11) is 0. The molecular weight excluding hydrogens is 295 g/mol. The molecule has 0 aliphatic rings. The van der Waals surface area contributed by atoms with Crippen molar-refractivity contribution in [1.82, 2.24) is 25.4 Å². The van der Waals surface area contributed by atoms with Gasteiger partial charge in [0.05, 0.1) is 0 Å². The lowest BCUT2D eigenvalue weighted by atomic mass is 10.3. The molecule has 0 radical (unpaired) electrons. The molecule has 8 nitrogen and oxygen atoms in total. The maximum absolute atomic E-state index is 12.3. The van der Waals surface area contributed by atoms with Crippen LogP contribution in [0, 0.1) is 0 Å². The minimum Gasteiger partial charge on any atom is -0.480 e. The number of aromatic nitrogens is 3. The summed E-state index contributed by atoms with van der Waals surface area (Å²) in [6.45, 7) is -2.55. The highest BCUT2D eigenvalue weighted by atomic mass is 19.4. The fraction of sp³-hybridized carbons (Fsp3) is 0.600. The molecule has 118 valence electrons. The van der Waals surface area contributed by atoms with Crippen molar-refractivity contribution < 1.29 is 27.9 Å². The second-order valence-corrected chi connectivity index (χ2v) is 4.13. The number of aryl methyl sites for hydroxylation is 1. The van der Waals surface area contributed by atoms with Gasteiger partial charge in [0.2, 0.25) is 0 Å². The number of aromatic amines is 1. The van der Waals surface area contributed by atoms with Gasteiger partial charge in [-0.2, -0.15) is 18.3 Å². The van der Waals surface area contributed by atoms with Crippen LogP contribution in [0.2, 0.25) is 0 Å². The monoisotopic (exact) mass is 309 g/mol. The van der Waals surface area contributed by atoms with Crippen LogP contribution in [0.25, 0.3) is 0 Å². The Labute approximate surface area is 117 Å². The van der Waals surface area contributed by atoms with Gasteiger partial charge in [-0.25, -0.2) is 9.78 Å². The topological polar surface area (TPSA) is 111 Å². The maximum Gasteiger partial charge on any atom is 0.406 e. The molecule has 2 amide bonds. The highest BCUT2D eigenvalue weighted by Crippen LogP contribution is 2.16. The number of H-pyrrole nitrogens is 1. The van der Waals surface area contributed by atoms with E-state index in [0.717, 1.165) is 0 Å². The third-order valence-corrected chi connectivity index (χ3v) is 2.31. The van der Waals surface area contributed by atoms with E-state index < -0.39 is 31.3 Å². The zero-order chi connectivity index (χ0) is 15.9. The van der Waals surface area contributed by atoms with E-state index in [4.69, 9.17) is 5.11 Å². The van der Waals surface area contributed by atoms with Gasteiger partial charge in [0.15, 0.2) is 0 Å². The van der Waals surface area contributed by atoms with Crippen molar-refractivity contribution in [2.24, 2.45) is 0 Å². The van der Waals surface area contributed by atoms with Crippen LogP contribution in [0.4, 0.5) is 18.0 Å². The van der Waals surface area contributed by atoms with Gasteiger partial charge in [-0.05, 0) is 6.42 Å². The largest absolute Gasteiger partial charge is 0.480 e. The quantitative estimate of drug-likeness (QED) is 0.631. The molecule has 0 aliphatic carbocycles. The molecule has 0 spiro atoms. The first-order chi connectivity index (χ1) is 9.78. The van der Waals surface area contributed by atoms with Crippen LogP contribution in [0.1, 0.15) is 12.2 Å². The molecule has 21 heavy (non-hydrogen) atoms. The molecule has 1 aromatic heterocycles. The zero-order valence-corrected chi connectivity index (χ0v) is 10.9. The number of carboxylic acid groups (broad SMARTS) is 1. The number of carbonyl (C=O) groups is 2. The number of hydrogen-bond donors (Lipinski definition) is 3. The second kappa shape index (κ2) is 7.45. The summed E-state index contributed by atoms with van der Waals surface area (Å²) in [5.74, 6) is -0.932. The van der Waals surface area contributed by atoms with E-state index in [0.29, 0.717) is 18.7 Å². The zero-order valence-electron chi connectivity index (χ0n) is 10.9. The minimum absolute atomic E-state index is 0.0908. The molecule has 0 saturated heterocycles. The third-order valence-electron chi connectivity index (χ3n) is 2.31. The number of hydrogen-bond acceptors (Lipinski definition) is 4. The molecule has 0 atom stereocenters. The van der Waals surface area contributed by atoms with Crippen molar-refractivity contribution in [1.29, 1.82) is 0 Å². The number of amides is 2. The molecule has 0 saturated carbocycles. The summed E-state index contributed by atoms with van der Waals surface area (Å²) in [6, 6.07) is -1.08. The lowest BCUT2D eigenvalue weighted by Crippen LogP contribution is -2.47. The van der Waals surface area contributed by atoms with Crippen LogP contribution in [-0.2, 0) is 11.2 Å². The Morgan fingerprint density at radius 1 is 1.43 bits per heavy atom. The van der Waals surface area contributed by atoms with Gasteiger partial charge in [0.25, 0.3) is 0 Å². The number of halogens is 3. The Bertz CT molecular complexity index is 463. The highest BCUT2D eigenvalue weighted by molar-refractivity contribution is 5.80. The first-order valence-electron chi connectivity index (χ1n) is 5.93. The smallest absolute Gasteiger partial charge is 0.406 e. The van der Waals surface area contributed by atoms with Crippen molar-refractivity contribution in [3.05, 3.63) is 12.2 Å². The Kier molecular flexibility index (Phi) is 5.93. The molecule has 1 aromatic rings. The van der Waals surface area contributed by atoms with E-state index in [1.54, 1.807) is 0 Å². The first kappa shape index (κ1) is 16.7. The van der Waals surface area contributed by atoms with E-state index in [9.17, 15) is 22.8 Å². The van der Waals surface area contributed by atoms with Crippen LogP contribution in [0.15, 0.2) is 6.33 Å². The normalized spacial score (nSPS) is 11.2. The average molecular weight is 309 g/mol. The molecule has 0 fully saturated rings. The predicted molar refractivity (Wildman–Crippen MR) is 63.4 cm³/mol. The van der Waals surface area contributed by atoms with Crippen molar-refractivity contribution >= 4 is 12.0 Å². The highest BCUT2D eigenvalue weighted by Gasteiger charge is 2.33. The summed E-state index contributed by atoms with van der Waals surface area (Å²) in [6.07, 6.45) is -2.47. The Morgan fingerprint density at radius 2 is 2.14 bits per heavy atom. The van der Waals surface area contributed by atoms with Gasteiger partial charge in [0.1, 0.15) is 25.2 Å². The summed E-state index contributed by atoms with van der Waals surface area (Å²) in [4.78, 5) is 26.0. The van der Waals surface area contributed by atoms with E-state index in [1.165, 1.54) is 6.33 Å². The number of aliphatic carboxylic acids is 1. The first-order valence-corrected chi connectivity index (χ1v) is 5.93. The fourth-order valence-corrected chi connectivity index (χ4v) is 1.49. The standard InChI is InChI=1S/C10H14F3N5O3/c11-10(12,13)5-18(4-8(19)20)9(21)14-3-1-2-7-15-6-16-17-7/h6H,1-5H2,(H,14,21)(H,19,20)(H,15,16,17). The van der Waals surface area contributed by atoms with Crippen LogP contribution in [0.3, 0.4) is 0 Å². The number of carboxylic acids is 1. The molecule has 0 unspecified atom stereocenters. The van der Waals surface area contributed by atoms with Gasteiger partial charge >= 0.3 is 18.2 Å². The van der Waals surface area contributed by atoms with Crippen molar-refractivity contribution in [3.8, 4) is 0 Å². The summed E-state index contributed by atoms with van der Waals surface area (Å²) in [5.41, 5.74) is 0. The minimum atomic E-state index is -4.66. The van der Waals surface area contributed by atoms with E-state index in [1.807, 2.05) is 0 Å². The number of rotatable bonds is 7. The van der Waals surface area contributed by atoms with Gasteiger partial charge in [-0.15, -0.1) is 0 Å². The molecular formula is C10H14F3N5O3. The fourth-order valence-electron chi connectivity index (χ4n) is 1.49. The Morgan fingerprint density at radius 3 is 2.67 bits per heavy atom. The van der Waals surface area contributed by atoms with Gasteiger partial charge in [0, 0.05) is 13.0 Å². The number of alkyl halides is 3. The molecule has 0 aromatic carbocycles. The molecule has 0 aliphatic heterocycles. The third kappa shape index (κ3) is 7.13. The van der Waals surface area contributed by atoms with Crippen LogP contribution < -0.4 is 5.32 Å². The van der Waals surface area contributed by atoms with E-state index in [2.05, 4.69) is 20.5 Å². The molecule has 3 N–H and O–H groups in total. The Balaban J connectivity index is 2.38. The van der Waals surface area contributed by atoms with Gasteiger partial charge in [-0.1, -0.05) is 0 Å². The van der Waals surface area contributed by atoms with Crippen LogP contribution >= 0.6 is 0 Å². The van der Waals surface area contributed by atoms with Gasteiger partial charge in [-0.3, -0.25) is 9.89 Å². The number of urea groups is 1. The predicted octanol–water partition coefficient (Wildman–Crippen LogP) is 0.396. The van der Waals surface area contributed by atoms with Crippen molar-refractivity contribution in [2.75, 3.05) is 19.6 Å². The number of nitrogens with one attached hydrogen (secondary N) is 2. The maximum atomic E-state index is 12.3. The van der Waals surface area contributed by atoms with Gasteiger partial charge < -0.3 is 15.3 Å². The summed E-state index contributed by atoms with van der Waals surface area (Å²) >= 11 is 0. The van der Waals surface area contributed by atoms with Crippen molar-refractivity contribution in [3.63, 3.8) is 0 Å². The average Bonchev–Trinajstić information content (AvgIpc) is 2.84. The molecule has 1 rings (SSSR count). The summed E-state index contributed by atoms with van der Waals surface area (Å²) in [5, 5.41) is 17.0. The van der Waals surface area contributed by atoms with Crippen LogP contribution in [0.5, 0.6) is 0 Å². The lowest BCUT2D eigenvalue weighted by Gasteiger charge is -2.22. The number of carbonyl (C=O) groups excluding carboxylic acids is 1. The molecule has 1 heterocycles. The van der Waals surface area contributed by atoms with E-state index >= 15 is 0 Å². The second-order valence-electron chi connectivity index (χ2n) is 4.13. The van der Waals surface area contributed by atoms with Crippen molar-refractivity contribution in [2.45, 2.75) is 19.0 Å². The molecule has 11 heteroatoms. The van der Waals surface area contributed by atoms with E-state index in [-0.39, 0.29) is 11.4 Å². The SMILES string of the molecule is O=C(O)CN(CC(F)(F)F)C(=O)NCCCc1ncn[nH]1. The molecule has 0 bridgehead atoms. The number of nitrogens with zero attached hydrogens (tertiary/aromatic N) is 3. The van der Waals surface area contributed by atoms with Crippen LogP contribution in [-0.4, -0.2) is 63.0 Å². The Hall–Kier alpha value is -2.33. The lowest BCUT2D eigenvalue weighted by molar-refractivity contribution is -0.148.